The van der Waals surface area contributed by atoms with Crippen molar-refractivity contribution >= 4 is 17.5 Å². The second-order valence-electron chi connectivity index (χ2n) is 7.83. The van der Waals surface area contributed by atoms with Gasteiger partial charge in [0.05, 0.1) is 0 Å². The predicted octanol–water partition coefficient (Wildman–Crippen LogP) is 4.41. The number of amides is 2. The Morgan fingerprint density at radius 1 is 1.03 bits per heavy atom. The Morgan fingerprint density at radius 2 is 1.70 bits per heavy atom. The Balaban J connectivity index is 1.71. The van der Waals surface area contributed by atoms with Gasteiger partial charge in [0.25, 0.3) is 5.91 Å². The number of fused-ring (bicyclic) bond motifs is 1. The summed E-state index contributed by atoms with van der Waals surface area (Å²) in [5, 5.41) is 3.01. The Kier molecular flexibility index (Phi) is 5.12. The van der Waals surface area contributed by atoms with Gasteiger partial charge in [-0.25, -0.2) is 4.39 Å². The van der Waals surface area contributed by atoms with Gasteiger partial charge in [0.1, 0.15) is 11.4 Å². The lowest BCUT2D eigenvalue weighted by atomic mass is 9.82. The summed E-state index contributed by atoms with van der Waals surface area (Å²) >= 11 is 0. The molecule has 0 unspecified atom stereocenters. The van der Waals surface area contributed by atoms with E-state index in [0.717, 1.165) is 16.7 Å². The van der Waals surface area contributed by atoms with Crippen LogP contribution in [-0.2, 0) is 17.8 Å². The zero-order chi connectivity index (χ0) is 21.3. The number of hydrogen-bond acceptors (Lipinski definition) is 2. The number of nitrogens with one attached hydrogen (secondary N) is 1. The summed E-state index contributed by atoms with van der Waals surface area (Å²) in [6.45, 7) is 4.12. The van der Waals surface area contributed by atoms with Gasteiger partial charge in [0.15, 0.2) is 0 Å². The fourth-order valence-corrected chi connectivity index (χ4v) is 4.03. The van der Waals surface area contributed by atoms with Crippen molar-refractivity contribution in [1.82, 2.24) is 5.32 Å². The summed E-state index contributed by atoms with van der Waals surface area (Å²) in [6, 6.07) is 20.8. The lowest BCUT2D eigenvalue weighted by Gasteiger charge is -2.44. The summed E-state index contributed by atoms with van der Waals surface area (Å²) in [5.74, 6) is -0.913. The van der Waals surface area contributed by atoms with E-state index in [1.165, 1.54) is 29.2 Å². The minimum absolute atomic E-state index is 0.252. The predicted molar refractivity (Wildman–Crippen MR) is 115 cm³/mol. The number of anilines is 1. The number of nitrogens with zero attached hydrogens (tertiary/aromatic N) is 1. The van der Waals surface area contributed by atoms with Crippen LogP contribution in [0.25, 0.3) is 0 Å². The number of carbonyl (C=O) groups is 2. The maximum atomic E-state index is 13.5. The third-order valence-electron chi connectivity index (χ3n) is 5.75. The molecule has 0 saturated carbocycles. The number of hydrogen-bond donors (Lipinski definition) is 1. The molecule has 152 valence electrons. The Hall–Kier alpha value is -3.47. The van der Waals surface area contributed by atoms with E-state index in [1.54, 1.807) is 19.1 Å². The molecule has 1 heterocycles. The third kappa shape index (κ3) is 3.47. The SMILES string of the molecule is Cc1ccccc1CNC(=O)[C@@]1(C)Cc2ccccc2C(=O)N1c1ccc(F)cc1. The van der Waals surface area contributed by atoms with Crippen molar-refractivity contribution in [3.63, 3.8) is 0 Å². The lowest BCUT2D eigenvalue weighted by molar-refractivity contribution is -0.126. The first-order valence-corrected chi connectivity index (χ1v) is 9.91. The van der Waals surface area contributed by atoms with E-state index in [4.69, 9.17) is 0 Å². The van der Waals surface area contributed by atoms with E-state index in [2.05, 4.69) is 5.32 Å². The molecule has 0 radical (unpaired) electrons. The van der Waals surface area contributed by atoms with Crippen LogP contribution in [0.2, 0.25) is 0 Å². The second kappa shape index (κ2) is 7.75. The number of halogens is 1. The molecule has 1 aliphatic heterocycles. The quantitative estimate of drug-likeness (QED) is 0.703. The molecule has 3 aromatic carbocycles. The highest BCUT2D eigenvalue weighted by molar-refractivity contribution is 6.14. The maximum Gasteiger partial charge on any atom is 0.259 e. The van der Waals surface area contributed by atoms with Crippen molar-refractivity contribution in [2.75, 3.05) is 4.90 Å². The average Bonchev–Trinajstić information content (AvgIpc) is 2.74. The van der Waals surface area contributed by atoms with Crippen LogP contribution in [0.15, 0.2) is 72.8 Å². The van der Waals surface area contributed by atoms with Crippen LogP contribution < -0.4 is 10.2 Å². The normalized spacial score (nSPS) is 18.1. The Morgan fingerprint density at radius 3 is 2.43 bits per heavy atom. The highest BCUT2D eigenvalue weighted by Crippen LogP contribution is 2.35. The van der Waals surface area contributed by atoms with Gasteiger partial charge in [0.2, 0.25) is 5.91 Å². The summed E-state index contributed by atoms with van der Waals surface area (Å²) < 4.78 is 13.5. The van der Waals surface area contributed by atoms with E-state index in [0.29, 0.717) is 24.2 Å². The van der Waals surface area contributed by atoms with Crippen LogP contribution in [0.1, 0.15) is 34.0 Å². The van der Waals surface area contributed by atoms with Gasteiger partial charge in [-0.1, -0.05) is 42.5 Å². The molecule has 3 aromatic rings. The summed E-state index contributed by atoms with van der Waals surface area (Å²) in [4.78, 5) is 28.3. The van der Waals surface area contributed by atoms with Gasteiger partial charge in [-0.05, 0) is 60.9 Å². The van der Waals surface area contributed by atoms with Crippen LogP contribution in [0.4, 0.5) is 10.1 Å². The smallest absolute Gasteiger partial charge is 0.259 e. The molecule has 30 heavy (non-hydrogen) atoms. The molecule has 0 saturated heterocycles. The molecule has 0 aromatic heterocycles. The molecule has 0 fully saturated rings. The fraction of sp³-hybridized carbons (Fsp3) is 0.200. The lowest BCUT2D eigenvalue weighted by Crippen LogP contribution is -2.63. The monoisotopic (exact) mass is 402 g/mol. The highest BCUT2D eigenvalue weighted by Gasteiger charge is 2.47. The topological polar surface area (TPSA) is 49.4 Å². The van der Waals surface area contributed by atoms with Gasteiger partial charge in [0, 0.05) is 24.2 Å². The van der Waals surface area contributed by atoms with E-state index >= 15 is 0 Å². The van der Waals surface area contributed by atoms with Crippen molar-refractivity contribution in [1.29, 1.82) is 0 Å². The van der Waals surface area contributed by atoms with Crippen molar-refractivity contribution < 1.29 is 14.0 Å². The zero-order valence-electron chi connectivity index (χ0n) is 17.0. The maximum absolute atomic E-state index is 13.5. The zero-order valence-corrected chi connectivity index (χ0v) is 17.0. The number of rotatable bonds is 4. The number of carbonyl (C=O) groups excluding carboxylic acids is 2. The molecular weight excluding hydrogens is 379 g/mol. The fourth-order valence-electron chi connectivity index (χ4n) is 4.03. The van der Waals surface area contributed by atoms with E-state index < -0.39 is 11.4 Å². The van der Waals surface area contributed by atoms with Crippen molar-refractivity contribution in [2.24, 2.45) is 0 Å². The molecule has 5 heteroatoms. The largest absolute Gasteiger partial charge is 0.350 e. The molecule has 1 N–H and O–H groups in total. The molecule has 4 rings (SSSR count). The third-order valence-corrected chi connectivity index (χ3v) is 5.75. The van der Waals surface area contributed by atoms with Crippen LogP contribution >= 0.6 is 0 Å². The van der Waals surface area contributed by atoms with Gasteiger partial charge < -0.3 is 5.32 Å². The van der Waals surface area contributed by atoms with Crippen molar-refractivity contribution in [2.45, 2.75) is 32.4 Å². The van der Waals surface area contributed by atoms with E-state index in [9.17, 15) is 14.0 Å². The van der Waals surface area contributed by atoms with Crippen LogP contribution in [0, 0.1) is 12.7 Å². The first kappa shape index (κ1) is 19.8. The van der Waals surface area contributed by atoms with E-state index in [-0.39, 0.29) is 11.8 Å². The summed E-state index contributed by atoms with van der Waals surface area (Å²) in [6.07, 6.45) is 0.367. The highest BCUT2D eigenvalue weighted by atomic mass is 19.1. The van der Waals surface area contributed by atoms with Gasteiger partial charge >= 0.3 is 0 Å². The average molecular weight is 402 g/mol. The summed E-state index contributed by atoms with van der Waals surface area (Å²) in [5.41, 5.74) is 2.84. The van der Waals surface area contributed by atoms with Crippen molar-refractivity contribution in [3.05, 3.63) is 101 Å². The first-order valence-electron chi connectivity index (χ1n) is 9.91. The van der Waals surface area contributed by atoms with Gasteiger partial charge in [-0.3, -0.25) is 14.5 Å². The molecular formula is C25H23FN2O2. The van der Waals surface area contributed by atoms with E-state index in [1.807, 2.05) is 43.3 Å². The molecule has 2 amide bonds. The van der Waals surface area contributed by atoms with Crippen LogP contribution in [0.5, 0.6) is 0 Å². The molecule has 4 nitrogen and oxygen atoms in total. The molecule has 0 bridgehead atoms. The van der Waals surface area contributed by atoms with Crippen LogP contribution in [0.3, 0.4) is 0 Å². The minimum atomic E-state index is -1.15. The molecule has 1 atom stereocenters. The number of benzene rings is 3. The molecule has 0 spiro atoms. The first-order chi connectivity index (χ1) is 14.4. The second-order valence-corrected chi connectivity index (χ2v) is 7.83. The van der Waals surface area contributed by atoms with Gasteiger partial charge in [-0.2, -0.15) is 0 Å². The minimum Gasteiger partial charge on any atom is -0.350 e. The van der Waals surface area contributed by atoms with Gasteiger partial charge in [-0.15, -0.1) is 0 Å². The number of aryl methyl sites for hydroxylation is 1. The Labute approximate surface area is 175 Å². The summed E-state index contributed by atoms with van der Waals surface area (Å²) in [7, 11) is 0. The van der Waals surface area contributed by atoms with Crippen LogP contribution in [-0.4, -0.2) is 17.4 Å². The standard InChI is InChI=1S/C25H23FN2O2/c1-17-7-3-4-9-19(17)16-27-24(30)25(2)15-18-8-5-6-10-22(18)23(29)28(25)21-13-11-20(26)12-14-21/h3-14H,15-16H2,1-2H3,(H,27,30)/t25-/m1/s1. The molecule has 0 aliphatic carbocycles. The van der Waals surface area contributed by atoms with Crippen molar-refractivity contribution in [3.8, 4) is 0 Å². The molecule has 1 aliphatic rings. The Bertz CT molecular complexity index is 1110.